The fourth-order valence-corrected chi connectivity index (χ4v) is 1.83. The van der Waals surface area contributed by atoms with E-state index in [-0.39, 0.29) is 6.04 Å². The first-order chi connectivity index (χ1) is 6.59. The van der Waals surface area contributed by atoms with E-state index >= 15 is 0 Å². The van der Waals surface area contributed by atoms with E-state index in [9.17, 15) is 0 Å². The topological polar surface area (TPSA) is 38.9 Å². The molecule has 0 fully saturated rings. The molecule has 0 aliphatic carbocycles. The average molecular weight is 210 g/mol. The Hall–Kier alpha value is -0.540. The van der Waals surface area contributed by atoms with E-state index in [1.165, 1.54) is 4.90 Å². The van der Waals surface area contributed by atoms with Crippen LogP contribution >= 0.6 is 11.8 Å². The van der Waals surface area contributed by atoms with Crippen molar-refractivity contribution in [1.82, 2.24) is 4.98 Å². The molecule has 1 rings (SSSR count). The average Bonchev–Trinajstić information content (AvgIpc) is 2.15. The molecule has 1 atom stereocenters. The highest BCUT2D eigenvalue weighted by Crippen LogP contribution is 2.20. The van der Waals surface area contributed by atoms with Gasteiger partial charge in [0.25, 0.3) is 0 Å². The molecule has 2 N–H and O–H groups in total. The normalized spacial score (nSPS) is 13.2. The van der Waals surface area contributed by atoms with Crippen LogP contribution in [0.5, 0.6) is 0 Å². The number of nitrogens with two attached hydrogens (primary N) is 1. The third kappa shape index (κ3) is 3.68. The van der Waals surface area contributed by atoms with Crippen LogP contribution in [0.15, 0.2) is 23.2 Å². The standard InChI is InChI=1S/C11H18N2S/c1-8(2)7-14-10-4-5-11(9(3)12)13-6-10/h4-6,8-9H,7,12H2,1-3H3/t9-/m1/s1. The Morgan fingerprint density at radius 2 is 2.07 bits per heavy atom. The van der Waals surface area contributed by atoms with Crippen LogP contribution in [0, 0.1) is 5.92 Å². The highest BCUT2D eigenvalue weighted by atomic mass is 32.2. The molecule has 0 unspecified atom stereocenters. The number of aromatic nitrogens is 1. The summed E-state index contributed by atoms with van der Waals surface area (Å²) in [6, 6.07) is 4.13. The van der Waals surface area contributed by atoms with Crippen molar-refractivity contribution in [3.63, 3.8) is 0 Å². The van der Waals surface area contributed by atoms with E-state index in [1.54, 1.807) is 0 Å². The highest BCUT2D eigenvalue weighted by molar-refractivity contribution is 7.99. The SMILES string of the molecule is CC(C)CSc1ccc([C@@H](C)N)nc1. The monoisotopic (exact) mass is 210 g/mol. The first kappa shape index (κ1) is 11.5. The van der Waals surface area contributed by atoms with Gasteiger partial charge in [-0.1, -0.05) is 13.8 Å². The van der Waals surface area contributed by atoms with Crippen LogP contribution in [0.25, 0.3) is 0 Å². The number of nitrogens with zero attached hydrogens (tertiary/aromatic N) is 1. The van der Waals surface area contributed by atoms with E-state index in [0.717, 1.165) is 11.4 Å². The van der Waals surface area contributed by atoms with Crippen molar-refractivity contribution in [3.05, 3.63) is 24.0 Å². The zero-order chi connectivity index (χ0) is 10.6. The summed E-state index contributed by atoms with van der Waals surface area (Å²) in [4.78, 5) is 5.54. The molecule has 0 saturated carbocycles. The largest absolute Gasteiger partial charge is 0.323 e. The summed E-state index contributed by atoms with van der Waals surface area (Å²) < 4.78 is 0. The smallest absolute Gasteiger partial charge is 0.0569 e. The van der Waals surface area contributed by atoms with E-state index in [1.807, 2.05) is 30.9 Å². The second kappa shape index (κ2) is 5.37. The number of hydrogen-bond acceptors (Lipinski definition) is 3. The Kier molecular flexibility index (Phi) is 4.42. The molecule has 0 amide bonds. The summed E-state index contributed by atoms with van der Waals surface area (Å²) >= 11 is 1.85. The van der Waals surface area contributed by atoms with Gasteiger partial charge in [0.2, 0.25) is 0 Å². The van der Waals surface area contributed by atoms with Crippen molar-refractivity contribution in [2.45, 2.75) is 31.7 Å². The number of hydrogen-bond donors (Lipinski definition) is 1. The van der Waals surface area contributed by atoms with Crippen LogP contribution in [-0.2, 0) is 0 Å². The van der Waals surface area contributed by atoms with Crippen LogP contribution in [0.3, 0.4) is 0 Å². The van der Waals surface area contributed by atoms with Crippen LogP contribution in [-0.4, -0.2) is 10.7 Å². The molecular weight excluding hydrogens is 192 g/mol. The van der Waals surface area contributed by atoms with Gasteiger partial charge < -0.3 is 5.73 Å². The second-order valence-corrected chi connectivity index (χ2v) is 5.01. The lowest BCUT2D eigenvalue weighted by atomic mass is 10.2. The van der Waals surface area contributed by atoms with E-state index in [2.05, 4.69) is 24.9 Å². The first-order valence-corrected chi connectivity index (χ1v) is 5.92. The Bertz CT molecular complexity index is 267. The van der Waals surface area contributed by atoms with Crippen molar-refractivity contribution >= 4 is 11.8 Å². The Labute approximate surface area is 90.3 Å². The molecule has 0 radical (unpaired) electrons. The molecule has 0 bridgehead atoms. The fourth-order valence-electron chi connectivity index (χ4n) is 1.01. The van der Waals surface area contributed by atoms with Gasteiger partial charge in [-0.25, -0.2) is 0 Å². The number of thioether (sulfide) groups is 1. The number of rotatable bonds is 4. The van der Waals surface area contributed by atoms with Crippen LogP contribution in [0.1, 0.15) is 32.5 Å². The molecule has 1 heterocycles. The zero-order valence-electron chi connectivity index (χ0n) is 9.03. The van der Waals surface area contributed by atoms with Crippen molar-refractivity contribution in [3.8, 4) is 0 Å². The molecule has 0 aliphatic heterocycles. The highest BCUT2D eigenvalue weighted by Gasteiger charge is 2.01. The molecular formula is C11H18N2S. The molecule has 78 valence electrons. The number of pyridine rings is 1. The van der Waals surface area contributed by atoms with Crippen molar-refractivity contribution in [2.75, 3.05) is 5.75 Å². The molecule has 3 heteroatoms. The van der Waals surface area contributed by atoms with Gasteiger partial charge >= 0.3 is 0 Å². The molecule has 0 spiro atoms. The Balaban J connectivity index is 2.55. The summed E-state index contributed by atoms with van der Waals surface area (Å²) in [5.41, 5.74) is 6.67. The van der Waals surface area contributed by atoms with Gasteiger partial charge in [0.15, 0.2) is 0 Å². The minimum Gasteiger partial charge on any atom is -0.323 e. The summed E-state index contributed by atoms with van der Waals surface area (Å²) in [6.45, 7) is 6.39. The van der Waals surface area contributed by atoms with Gasteiger partial charge in [0, 0.05) is 22.9 Å². The molecule has 0 saturated heterocycles. The van der Waals surface area contributed by atoms with E-state index in [0.29, 0.717) is 5.92 Å². The van der Waals surface area contributed by atoms with Crippen LogP contribution in [0.2, 0.25) is 0 Å². The molecule has 1 aromatic heterocycles. The molecule has 14 heavy (non-hydrogen) atoms. The Morgan fingerprint density at radius 1 is 1.36 bits per heavy atom. The summed E-state index contributed by atoms with van der Waals surface area (Å²) in [7, 11) is 0. The van der Waals surface area contributed by atoms with Gasteiger partial charge in [-0.15, -0.1) is 11.8 Å². The first-order valence-electron chi connectivity index (χ1n) is 4.94. The molecule has 1 aromatic rings. The van der Waals surface area contributed by atoms with Gasteiger partial charge in [-0.2, -0.15) is 0 Å². The van der Waals surface area contributed by atoms with Gasteiger partial charge in [0.05, 0.1) is 5.69 Å². The third-order valence-electron chi connectivity index (χ3n) is 1.81. The van der Waals surface area contributed by atoms with Crippen molar-refractivity contribution < 1.29 is 0 Å². The minimum atomic E-state index is 0.0270. The van der Waals surface area contributed by atoms with Crippen molar-refractivity contribution in [1.29, 1.82) is 0 Å². The summed E-state index contributed by atoms with van der Waals surface area (Å²) in [5.74, 6) is 1.85. The molecule has 0 aromatic carbocycles. The summed E-state index contributed by atoms with van der Waals surface area (Å²) in [6.07, 6.45) is 1.91. The fraction of sp³-hybridized carbons (Fsp3) is 0.545. The maximum absolute atomic E-state index is 5.72. The van der Waals surface area contributed by atoms with Crippen LogP contribution < -0.4 is 5.73 Å². The molecule has 0 aliphatic rings. The van der Waals surface area contributed by atoms with Crippen molar-refractivity contribution in [2.24, 2.45) is 11.7 Å². The Morgan fingerprint density at radius 3 is 2.50 bits per heavy atom. The van der Waals surface area contributed by atoms with Gasteiger partial charge in [-0.3, -0.25) is 4.98 Å². The molecule has 2 nitrogen and oxygen atoms in total. The maximum atomic E-state index is 5.72. The maximum Gasteiger partial charge on any atom is 0.0569 e. The van der Waals surface area contributed by atoms with Gasteiger partial charge in [0.1, 0.15) is 0 Å². The predicted molar refractivity (Wildman–Crippen MR) is 62.4 cm³/mol. The lowest BCUT2D eigenvalue weighted by molar-refractivity contribution is 0.749. The quantitative estimate of drug-likeness (QED) is 0.777. The van der Waals surface area contributed by atoms with E-state index < -0.39 is 0 Å². The zero-order valence-corrected chi connectivity index (χ0v) is 9.84. The summed E-state index contributed by atoms with van der Waals surface area (Å²) in [5, 5.41) is 0. The second-order valence-electron chi connectivity index (χ2n) is 3.91. The van der Waals surface area contributed by atoms with Crippen LogP contribution in [0.4, 0.5) is 0 Å². The van der Waals surface area contributed by atoms with Gasteiger partial charge in [-0.05, 0) is 25.0 Å². The lowest BCUT2D eigenvalue weighted by Crippen LogP contribution is -2.06. The predicted octanol–water partition coefficient (Wildman–Crippen LogP) is 2.85. The lowest BCUT2D eigenvalue weighted by Gasteiger charge is -2.06. The minimum absolute atomic E-state index is 0.0270. The third-order valence-corrected chi connectivity index (χ3v) is 3.22. The van der Waals surface area contributed by atoms with E-state index in [4.69, 9.17) is 5.73 Å².